The minimum Gasteiger partial charge on any atom is -0.486 e. The number of fused-ring (bicyclic) bond motifs is 1. The molecule has 1 N–H and O–H groups in total. The summed E-state index contributed by atoms with van der Waals surface area (Å²) in [6.07, 6.45) is 1.50. The van der Waals surface area contributed by atoms with Crippen molar-refractivity contribution in [2.75, 3.05) is 26.2 Å². The number of ether oxygens (including phenoxy) is 2. The maximum Gasteiger partial charge on any atom is 0.317 e. The third-order valence-corrected chi connectivity index (χ3v) is 3.06. The van der Waals surface area contributed by atoms with E-state index in [1.807, 2.05) is 31.2 Å². The minimum atomic E-state index is -0.153. The molecular formula is C15H20N2O3. The number of benzene rings is 1. The van der Waals surface area contributed by atoms with E-state index in [-0.39, 0.29) is 12.1 Å². The van der Waals surface area contributed by atoms with Crippen LogP contribution in [0.4, 0.5) is 4.79 Å². The SMILES string of the molecule is C=CCNC(=O)N(CC)CC1COc2ccccc2O1. The number of rotatable bonds is 5. The summed E-state index contributed by atoms with van der Waals surface area (Å²) in [5.74, 6) is 1.48. The molecule has 0 aromatic heterocycles. The van der Waals surface area contributed by atoms with Gasteiger partial charge in [0.15, 0.2) is 17.6 Å². The summed E-state index contributed by atoms with van der Waals surface area (Å²) in [7, 11) is 0. The van der Waals surface area contributed by atoms with Crippen molar-refractivity contribution in [3.8, 4) is 11.5 Å². The molecule has 0 radical (unpaired) electrons. The van der Waals surface area contributed by atoms with Crippen LogP contribution in [-0.2, 0) is 0 Å². The highest BCUT2D eigenvalue weighted by Crippen LogP contribution is 2.30. The quantitative estimate of drug-likeness (QED) is 0.837. The fourth-order valence-electron chi connectivity index (χ4n) is 2.03. The van der Waals surface area contributed by atoms with E-state index >= 15 is 0 Å². The smallest absolute Gasteiger partial charge is 0.317 e. The molecule has 2 rings (SSSR count). The lowest BCUT2D eigenvalue weighted by Gasteiger charge is -2.30. The predicted molar refractivity (Wildman–Crippen MR) is 77.2 cm³/mol. The molecule has 20 heavy (non-hydrogen) atoms. The molecule has 1 aromatic rings. The van der Waals surface area contributed by atoms with Crippen LogP contribution in [0.1, 0.15) is 6.92 Å². The van der Waals surface area contributed by atoms with E-state index in [4.69, 9.17) is 9.47 Å². The first-order valence-corrected chi connectivity index (χ1v) is 6.76. The van der Waals surface area contributed by atoms with Crippen LogP contribution in [0.5, 0.6) is 11.5 Å². The number of hydrogen-bond acceptors (Lipinski definition) is 3. The van der Waals surface area contributed by atoms with E-state index in [1.54, 1.807) is 11.0 Å². The molecule has 0 saturated carbocycles. The van der Waals surface area contributed by atoms with Crippen molar-refractivity contribution in [1.82, 2.24) is 10.2 Å². The maximum absolute atomic E-state index is 11.9. The lowest BCUT2D eigenvalue weighted by Crippen LogP contribution is -2.47. The molecule has 1 aliphatic heterocycles. The van der Waals surface area contributed by atoms with Gasteiger partial charge < -0.3 is 19.7 Å². The first kappa shape index (κ1) is 14.2. The number of para-hydroxylation sites is 2. The summed E-state index contributed by atoms with van der Waals surface area (Å²) in [4.78, 5) is 13.6. The number of nitrogens with one attached hydrogen (secondary N) is 1. The molecule has 1 unspecified atom stereocenters. The zero-order valence-electron chi connectivity index (χ0n) is 11.7. The average Bonchev–Trinajstić information content (AvgIpc) is 2.50. The number of nitrogens with zero attached hydrogens (tertiary/aromatic N) is 1. The molecule has 108 valence electrons. The summed E-state index contributed by atoms with van der Waals surface area (Å²) < 4.78 is 11.5. The predicted octanol–water partition coefficient (Wildman–Crippen LogP) is 2.04. The van der Waals surface area contributed by atoms with Crippen molar-refractivity contribution in [2.45, 2.75) is 13.0 Å². The lowest BCUT2D eigenvalue weighted by molar-refractivity contribution is 0.0677. The Bertz CT molecular complexity index is 476. The van der Waals surface area contributed by atoms with Gasteiger partial charge in [0.2, 0.25) is 0 Å². The van der Waals surface area contributed by atoms with Crippen LogP contribution >= 0.6 is 0 Å². The van der Waals surface area contributed by atoms with Gasteiger partial charge in [-0.1, -0.05) is 18.2 Å². The second kappa shape index (κ2) is 6.84. The number of amides is 2. The Morgan fingerprint density at radius 3 is 2.95 bits per heavy atom. The summed E-state index contributed by atoms with van der Waals surface area (Å²) in [5.41, 5.74) is 0. The number of carbonyl (C=O) groups is 1. The summed E-state index contributed by atoms with van der Waals surface area (Å²) in [5, 5.41) is 2.76. The van der Waals surface area contributed by atoms with Gasteiger partial charge in [0, 0.05) is 13.1 Å². The fourth-order valence-corrected chi connectivity index (χ4v) is 2.03. The van der Waals surface area contributed by atoms with Crippen LogP contribution in [0.25, 0.3) is 0 Å². The van der Waals surface area contributed by atoms with E-state index in [9.17, 15) is 4.79 Å². The van der Waals surface area contributed by atoms with Crippen LogP contribution in [0.2, 0.25) is 0 Å². The highest BCUT2D eigenvalue weighted by molar-refractivity contribution is 5.74. The Kier molecular flexibility index (Phi) is 4.87. The molecule has 2 amide bonds. The third-order valence-electron chi connectivity index (χ3n) is 3.06. The van der Waals surface area contributed by atoms with Crippen molar-refractivity contribution < 1.29 is 14.3 Å². The summed E-state index contributed by atoms with van der Waals surface area (Å²) in [6.45, 7) is 7.53. The zero-order chi connectivity index (χ0) is 14.4. The minimum absolute atomic E-state index is 0.116. The van der Waals surface area contributed by atoms with E-state index in [0.29, 0.717) is 26.2 Å². The number of hydrogen-bond donors (Lipinski definition) is 1. The van der Waals surface area contributed by atoms with Gasteiger partial charge >= 0.3 is 6.03 Å². The van der Waals surface area contributed by atoms with Gasteiger partial charge in [0.05, 0.1) is 6.54 Å². The van der Waals surface area contributed by atoms with Gasteiger partial charge in [-0.2, -0.15) is 0 Å². The molecule has 1 aromatic carbocycles. The maximum atomic E-state index is 11.9. The van der Waals surface area contributed by atoms with Gasteiger partial charge in [0.25, 0.3) is 0 Å². The molecule has 5 heteroatoms. The number of likely N-dealkylation sites (N-methyl/N-ethyl adjacent to an activating group) is 1. The van der Waals surface area contributed by atoms with Crippen molar-refractivity contribution in [3.63, 3.8) is 0 Å². The van der Waals surface area contributed by atoms with Gasteiger partial charge in [-0.15, -0.1) is 6.58 Å². The van der Waals surface area contributed by atoms with Gasteiger partial charge in [-0.25, -0.2) is 4.79 Å². The number of carbonyl (C=O) groups excluding carboxylic acids is 1. The van der Waals surface area contributed by atoms with E-state index in [2.05, 4.69) is 11.9 Å². The Labute approximate surface area is 119 Å². The second-order valence-corrected chi connectivity index (χ2v) is 4.51. The van der Waals surface area contributed by atoms with Gasteiger partial charge in [-0.3, -0.25) is 0 Å². The fraction of sp³-hybridized carbons (Fsp3) is 0.400. The lowest BCUT2D eigenvalue weighted by atomic mass is 10.2. The standard InChI is InChI=1S/C15H20N2O3/c1-3-9-16-15(18)17(4-2)10-12-11-19-13-7-5-6-8-14(13)20-12/h3,5-8,12H,1,4,9-11H2,2H3,(H,16,18). The molecule has 5 nitrogen and oxygen atoms in total. The normalized spacial score (nSPS) is 16.4. The largest absolute Gasteiger partial charge is 0.486 e. The highest BCUT2D eigenvalue weighted by atomic mass is 16.6. The molecule has 1 heterocycles. The third kappa shape index (κ3) is 3.44. The van der Waals surface area contributed by atoms with Crippen LogP contribution in [0.3, 0.4) is 0 Å². The molecule has 0 fully saturated rings. The van der Waals surface area contributed by atoms with Crippen molar-refractivity contribution in [2.24, 2.45) is 0 Å². The first-order chi connectivity index (χ1) is 9.74. The van der Waals surface area contributed by atoms with Crippen LogP contribution < -0.4 is 14.8 Å². The monoisotopic (exact) mass is 276 g/mol. The van der Waals surface area contributed by atoms with Gasteiger partial charge in [-0.05, 0) is 19.1 Å². The first-order valence-electron chi connectivity index (χ1n) is 6.76. The van der Waals surface area contributed by atoms with Gasteiger partial charge in [0.1, 0.15) is 6.61 Å². The molecule has 0 spiro atoms. The Balaban J connectivity index is 1.93. The topological polar surface area (TPSA) is 50.8 Å². The Hall–Kier alpha value is -2.17. The Morgan fingerprint density at radius 1 is 1.50 bits per heavy atom. The summed E-state index contributed by atoms with van der Waals surface area (Å²) >= 11 is 0. The molecular weight excluding hydrogens is 256 g/mol. The Morgan fingerprint density at radius 2 is 2.25 bits per heavy atom. The van der Waals surface area contributed by atoms with Crippen molar-refractivity contribution in [1.29, 1.82) is 0 Å². The average molecular weight is 276 g/mol. The summed E-state index contributed by atoms with van der Waals surface area (Å²) in [6, 6.07) is 7.44. The molecule has 1 atom stereocenters. The van der Waals surface area contributed by atoms with Crippen LogP contribution in [-0.4, -0.2) is 43.3 Å². The van der Waals surface area contributed by atoms with Crippen molar-refractivity contribution in [3.05, 3.63) is 36.9 Å². The highest BCUT2D eigenvalue weighted by Gasteiger charge is 2.24. The molecule has 0 saturated heterocycles. The molecule has 0 aliphatic carbocycles. The van der Waals surface area contributed by atoms with E-state index in [0.717, 1.165) is 11.5 Å². The molecule has 1 aliphatic rings. The van der Waals surface area contributed by atoms with E-state index in [1.165, 1.54) is 0 Å². The number of urea groups is 1. The zero-order valence-corrected chi connectivity index (χ0v) is 11.7. The van der Waals surface area contributed by atoms with Crippen LogP contribution in [0.15, 0.2) is 36.9 Å². The van der Waals surface area contributed by atoms with E-state index < -0.39 is 0 Å². The van der Waals surface area contributed by atoms with Crippen LogP contribution in [0, 0.1) is 0 Å². The second-order valence-electron chi connectivity index (χ2n) is 4.51. The molecule has 0 bridgehead atoms. The van der Waals surface area contributed by atoms with Crippen molar-refractivity contribution >= 4 is 6.03 Å².